The highest BCUT2D eigenvalue weighted by atomic mass is 16.2. The van der Waals surface area contributed by atoms with Crippen molar-refractivity contribution in [2.75, 3.05) is 6.54 Å². The van der Waals surface area contributed by atoms with Gasteiger partial charge in [0.05, 0.1) is 6.20 Å². The van der Waals surface area contributed by atoms with E-state index in [0.717, 1.165) is 25.9 Å². The number of amides is 1. The van der Waals surface area contributed by atoms with Gasteiger partial charge in [-0.15, -0.1) is 0 Å². The molecule has 1 saturated carbocycles. The molecular weight excluding hydrogens is 286 g/mol. The molecule has 2 heterocycles. The van der Waals surface area contributed by atoms with E-state index in [-0.39, 0.29) is 11.3 Å². The Morgan fingerprint density at radius 1 is 1.26 bits per heavy atom. The summed E-state index contributed by atoms with van der Waals surface area (Å²) in [5.41, 5.74) is 5.43. The number of rotatable bonds is 1. The number of hydrogen-bond donors (Lipinski definition) is 1. The molecule has 2 aromatic rings. The van der Waals surface area contributed by atoms with Crippen molar-refractivity contribution in [3.05, 3.63) is 52.8 Å². The van der Waals surface area contributed by atoms with Crippen molar-refractivity contribution in [1.82, 2.24) is 15.1 Å². The third kappa shape index (κ3) is 1.90. The molecule has 0 bridgehead atoms. The van der Waals surface area contributed by atoms with E-state index in [0.29, 0.717) is 5.91 Å². The van der Waals surface area contributed by atoms with Crippen molar-refractivity contribution in [2.45, 2.75) is 44.1 Å². The summed E-state index contributed by atoms with van der Waals surface area (Å²) < 4.78 is 0. The van der Waals surface area contributed by atoms with Crippen LogP contribution >= 0.6 is 0 Å². The van der Waals surface area contributed by atoms with Crippen molar-refractivity contribution >= 4 is 5.91 Å². The van der Waals surface area contributed by atoms with Gasteiger partial charge in [0.15, 0.2) is 0 Å². The molecule has 2 aliphatic carbocycles. The van der Waals surface area contributed by atoms with E-state index < -0.39 is 0 Å². The van der Waals surface area contributed by atoms with Gasteiger partial charge in [0.2, 0.25) is 5.91 Å². The summed E-state index contributed by atoms with van der Waals surface area (Å²) in [5, 5.41) is 7.15. The Morgan fingerprint density at radius 2 is 2.17 bits per heavy atom. The number of carbonyl (C=O) groups excluding carboxylic acids is 1. The summed E-state index contributed by atoms with van der Waals surface area (Å²) in [6, 6.07) is 8.76. The number of aromatic nitrogens is 2. The molecule has 23 heavy (non-hydrogen) atoms. The summed E-state index contributed by atoms with van der Waals surface area (Å²) in [6.45, 7) is 1.54. The molecule has 1 amide bonds. The van der Waals surface area contributed by atoms with Crippen LogP contribution in [0.25, 0.3) is 0 Å². The zero-order chi connectivity index (χ0) is 15.4. The number of nitrogens with zero attached hydrogens (tertiary/aromatic N) is 2. The highest BCUT2D eigenvalue weighted by Gasteiger charge is 2.60. The first kappa shape index (κ1) is 13.3. The van der Waals surface area contributed by atoms with Crippen molar-refractivity contribution in [3.8, 4) is 0 Å². The van der Waals surface area contributed by atoms with E-state index in [4.69, 9.17) is 0 Å². The molecule has 2 atom stereocenters. The van der Waals surface area contributed by atoms with Gasteiger partial charge >= 0.3 is 0 Å². The van der Waals surface area contributed by atoms with Crippen LogP contribution in [0.1, 0.15) is 41.6 Å². The minimum absolute atomic E-state index is 0.141. The lowest BCUT2D eigenvalue weighted by atomic mass is 9.78. The second kappa shape index (κ2) is 4.70. The van der Waals surface area contributed by atoms with E-state index in [1.807, 2.05) is 6.20 Å². The van der Waals surface area contributed by atoms with Crippen LogP contribution in [-0.2, 0) is 29.6 Å². The van der Waals surface area contributed by atoms with Crippen LogP contribution in [0.4, 0.5) is 0 Å². The standard InChI is InChI=1S/C19H21N3O/c23-18(22-9-7-17-14(12-22)11-20-21-17)16-10-19(16)8-3-5-13-4-1-2-6-15(13)19/h1-2,4,6,11,16H,3,5,7-10,12H2,(H,20,21)/t16-,19-/m1/s1. The zero-order valence-electron chi connectivity index (χ0n) is 13.2. The lowest BCUT2D eigenvalue weighted by molar-refractivity contribution is -0.134. The van der Waals surface area contributed by atoms with Gasteiger partial charge in [-0.2, -0.15) is 5.10 Å². The fraction of sp³-hybridized carbons (Fsp3) is 0.474. The molecule has 1 aromatic heterocycles. The first-order valence-corrected chi connectivity index (χ1v) is 8.66. The normalized spacial score (nSPS) is 28.3. The smallest absolute Gasteiger partial charge is 0.226 e. The molecule has 4 heteroatoms. The Hall–Kier alpha value is -2.10. The van der Waals surface area contributed by atoms with Crippen LogP contribution in [0.2, 0.25) is 0 Å². The highest BCUT2D eigenvalue weighted by molar-refractivity contribution is 5.85. The average molecular weight is 307 g/mol. The molecular formula is C19H21N3O. The van der Waals surface area contributed by atoms with Gasteiger partial charge in [-0.3, -0.25) is 9.89 Å². The molecule has 1 aliphatic heterocycles. The maximum atomic E-state index is 13.1. The molecule has 0 unspecified atom stereocenters. The Kier molecular flexibility index (Phi) is 2.73. The molecule has 1 aromatic carbocycles. The number of H-pyrrole nitrogens is 1. The molecule has 4 nitrogen and oxygen atoms in total. The highest BCUT2D eigenvalue weighted by Crippen LogP contribution is 2.60. The molecule has 3 aliphatic rings. The molecule has 0 radical (unpaired) electrons. The number of fused-ring (bicyclic) bond motifs is 3. The summed E-state index contributed by atoms with van der Waals surface area (Å²) in [4.78, 5) is 15.1. The average Bonchev–Trinajstić information content (AvgIpc) is 3.10. The molecule has 1 N–H and O–H groups in total. The van der Waals surface area contributed by atoms with Gasteiger partial charge in [-0.1, -0.05) is 24.3 Å². The van der Waals surface area contributed by atoms with Gasteiger partial charge in [0, 0.05) is 42.1 Å². The first-order valence-electron chi connectivity index (χ1n) is 8.66. The van der Waals surface area contributed by atoms with Gasteiger partial charge in [-0.05, 0) is 36.8 Å². The summed E-state index contributed by atoms with van der Waals surface area (Å²) in [7, 11) is 0. The Morgan fingerprint density at radius 3 is 3.13 bits per heavy atom. The zero-order valence-corrected chi connectivity index (χ0v) is 13.2. The number of benzene rings is 1. The second-order valence-electron chi connectivity index (χ2n) is 7.31. The number of nitrogens with one attached hydrogen (secondary N) is 1. The molecule has 1 spiro atoms. The lowest BCUT2D eigenvalue weighted by Crippen LogP contribution is -2.38. The molecule has 1 fully saturated rings. The summed E-state index contributed by atoms with van der Waals surface area (Å²) >= 11 is 0. The lowest BCUT2D eigenvalue weighted by Gasteiger charge is -2.30. The number of carbonyl (C=O) groups is 1. The van der Waals surface area contributed by atoms with Crippen LogP contribution in [0.15, 0.2) is 30.5 Å². The second-order valence-corrected chi connectivity index (χ2v) is 7.31. The molecule has 0 saturated heterocycles. The van der Waals surface area contributed by atoms with E-state index in [1.165, 1.54) is 41.6 Å². The van der Waals surface area contributed by atoms with E-state index in [2.05, 4.69) is 39.4 Å². The van der Waals surface area contributed by atoms with Crippen molar-refractivity contribution < 1.29 is 4.79 Å². The van der Waals surface area contributed by atoms with Crippen LogP contribution < -0.4 is 0 Å². The Balaban J connectivity index is 1.40. The predicted molar refractivity (Wildman–Crippen MR) is 86.9 cm³/mol. The number of aromatic amines is 1. The van der Waals surface area contributed by atoms with E-state index in [9.17, 15) is 4.79 Å². The van der Waals surface area contributed by atoms with Crippen molar-refractivity contribution in [2.24, 2.45) is 5.92 Å². The van der Waals surface area contributed by atoms with Gasteiger partial charge < -0.3 is 4.90 Å². The van der Waals surface area contributed by atoms with Crippen molar-refractivity contribution in [1.29, 1.82) is 0 Å². The van der Waals surface area contributed by atoms with Crippen LogP contribution in [0, 0.1) is 5.92 Å². The Bertz CT molecular complexity index is 780. The van der Waals surface area contributed by atoms with Gasteiger partial charge in [0.1, 0.15) is 0 Å². The predicted octanol–water partition coefficient (Wildman–Crippen LogP) is 2.59. The monoisotopic (exact) mass is 307 g/mol. The quantitative estimate of drug-likeness (QED) is 0.880. The van der Waals surface area contributed by atoms with Crippen LogP contribution in [-0.4, -0.2) is 27.5 Å². The van der Waals surface area contributed by atoms with Crippen molar-refractivity contribution in [3.63, 3.8) is 0 Å². The minimum Gasteiger partial charge on any atom is -0.338 e. The fourth-order valence-corrected chi connectivity index (χ4v) is 4.79. The topological polar surface area (TPSA) is 49.0 Å². The first-order chi connectivity index (χ1) is 11.3. The molecule has 5 rings (SSSR count). The third-order valence-corrected chi connectivity index (χ3v) is 6.11. The number of aryl methyl sites for hydroxylation is 1. The van der Waals surface area contributed by atoms with Gasteiger partial charge in [0.25, 0.3) is 0 Å². The maximum Gasteiger partial charge on any atom is 0.226 e. The number of hydrogen-bond acceptors (Lipinski definition) is 2. The van der Waals surface area contributed by atoms with E-state index >= 15 is 0 Å². The third-order valence-electron chi connectivity index (χ3n) is 6.11. The maximum absolute atomic E-state index is 13.1. The SMILES string of the molecule is O=C([C@H]1C[C@@]12CCCc1ccccc12)N1CCc2[nH]ncc2C1. The van der Waals surface area contributed by atoms with Crippen LogP contribution in [0.3, 0.4) is 0 Å². The Labute approximate surface area is 135 Å². The summed E-state index contributed by atoms with van der Waals surface area (Å²) in [6.07, 6.45) is 7.36. The van der Waals surface area contributed by atoms with E-state index in [1.54, 1.807) is 0 Å². The van der Waals surface area contributed by atoms with Gasteiger partial charge in [-0.25, -0.2) is 0 Å². The summed E-state index contributed by atoms with van der Waals surface area (Å²) in [5.74, 6) is 0.547. The largest absolute Gasteiger partial charge is 0.338 e. The molecule has 118 valence electrons. The minimum atomic E-state index is 0.141. The van der Waals surface area contributed by atoms with Crippen LogP contribution in [0.5, 0.6) is 0 Å². The fourth-order valence-electron chi connectivity index (χ4n) is 4.79.